The molecule has 2 aliphatic rings. The Morgan fingerprint density at radius 2 is 1.68 bits per heavy atom. The van der Waals surface area contributed by atoms with Gasteiger partial charge >= 0.3 is 6.18 Å². The third-order valence-corrected chi connectivity index (χ3v) is 7.11. The minimum Gasteiger partial charge on any atom is -0.349 e. The third-order valence-electron chi connectivity index (χ3n) is 6.66. The number of hydrogen-bond donors (Lipinski definition) is 2. The van der Waals surface area contributed by atoms with Crippen molar-refractivity contribution in [2.45, 2.75) is 49.9 Å². The van der Waals surface area contributed by atoms with E-state index in [1.807, 2.05) is 6.07 Å². The van der Waals surface area contributed by atoms with Gasteiger partial charge in [0, 0.05) is 29.2 Å². The summed E-state index contributed by atoms with van der Waals surface area (Å²) in [6, 6.07) is 14.1. The van der Waals surface area contributed by atoms with Gasteiger partial charge in [-0.05, 0) is 55.4 Å². The van der Waals surface area contributed by atoms with Crippen LogP contribution in [0.4, 0.5) is 13.2 Å². The average molecular weight is 538 g/mol. The van der Waals surface area contributed by atoms with Gasteiger partial charge in [0.2, 0.25) is 5.91 Å². The number of benzene rings is 2. The number of carbonyl (C=O) groups is 2. The number of rotatable bonds is 6. The molecule has 2 amide bonds. The zero-order chi connectivity index (χ0) is 24.3. The summed E-state index contributed by atoms with van der Waals surface area (Å²) in [5.74, 6) is -0.459. The highest BCUT2D eigenvalue weighted by molar-refractivity contribution is 9.10. The second-order valence-electron chi connectivity index (χ2n) is 9.04. The highest BCUT2D eigenvalue weighted by Crippen LogP contribution is 2.36. The van der Waals surface area contributed by atoms with Gasteiger partial charge in [-0.2, -0.15) is 13.2 Å². The van der Waals surface area contributed by atoms with E-state index in [0.717, 1.165) is 38.1 Å². The molecule has 1 saturated carbocycles. The molecule has 1 aliphatic carbocycles. The van der Waals surface area contributed by atoms with Crippen LogP contribution in [-0.4, -0.2) is 48.4 Å². The SMILES string of the molecule is O=C(CNC(=O)c1cc(Br)cc(C(F)(F)F)c1)NC1CN(C2CCC(c3ccccc3)CC2)C1. The van der Waals surface area contributed by atoms with Gasteiger partial charge in [0.1, 0.15) is 0 Å². The van der Waals surface area contributed by atoms with Crippen molar-refractivity contribution in [3.63, 3.8) is 0 Å². The molecule has 2 fully saturated rings. The molecule has 0 radical (unpaired) electrons. The van der Waals surface area contributed by atoms with Crippen molar-refractivity contribution in [3.05, 3.63) is 69.7 Å². The highest BCUT2D eigenvalue weighted by Gasteiger charge is 2.35. The highest BCUT2D eigenvalue weighted by atomic mass is 79.9. The van der Waals surface area contributed by atoms with Crippen molar-refractivity contribution < 1.29 is 22.8 Å². The zero-order valence-corrected chi connectivity index (χ0v) is 20.2. The fraction of sp³-hybridized carbons (Fsp3) is 0.440. The molecule has 0 aromatic heterocycles. The largest absolute Gasteiger partial charge is 0.416 e. The second-order valence-corrected chi connectivity index (χ2v) is 9.96. The van der Waals surface area contributed by atoms with Crippen LogP contribution in [-0.2, 0) is 11.0 Å². The van der Waals surface area contributed by atoms with Crippen molar-refractivity contribution in [2.24, 2.45) is 0 Å². The molecule has 4 rings (SSSR count). The second kappa shape index (κ2) is 10.5. The first-order valence-electron chi connectivity index (χ1n) is 11.4. The van der Waals surface area contributed by atoms with E-state index >= 15 is 0 Å². The van der Waals surface area contributed by atoms with Gasteiger partial charge in [0.15, 0.2) is 0 Å². The van der Waals surface area contributed by atoms with E-state index < -0.39 is 17.6 Å². The molecule has 9 heteroatoms. The lowest BCUT2D eigenvalue weighted by Gasteiger charge is -2.46. The Morgan fingerprint density at radius 3 is 2.32 bits per heavy atom. The number of halogens is 4. The number of nitrogens with one attached hydrogen (secondary N) is 2. The molecule has 2 N–H and O–H groups in total. The lowest BCUT2D eigenvalue weighted by Crippen LogP contribution is -2.63. The molecule has 34 heavy (non-hydrogen) atoms. The van der Waals surface area contributed by atoms with Crippen LogP contribution < -0.4 is 10.6 Å². The molecule has 2 aromatic rings. The Kier molecular flexibility index (Phi) is 7.62. The molecule has 0 unspecified atom stereocenters. The van der Waals surface area contributed by atoms with Gasteiger partial charge in [-0.15, -0.1) is 0 Å². The number of carbonyl (C=O) groups excluding carboxylic acids is 2. The maximum Gasteiger partial charge on any atom is 0.416 e. The van der Waals surface area contributed by atoms with Crippen LogP contribution in [0.1, 0.15) is 53.1 Å². The summed E-state index contributed by atoms with van der Waals surface area (Å²) < 4.78 is 39.0. The molecular formula is C25H27BrF3N3O2. The topological polar surface area (TPSA) is 61.4 Å². The first-order chi connectivity index (χ1) is 16.2. The summed E-state index contributed by atoms with van der Waals surface area (Å²) in [6.07, 6.45) is 0.0541. The van der Waals surface area contributed by atoms with Gasteiger partial charge in [-0.25, -0.2) is 0 Å². The number of amides is 2. The monoisotopic (exact) mass is 537 g/mol. The summed E-state index contributed by atoms with van der Waals surface area (Å²) in [4.78, 5) is 26.9. The first-order valence-corrected chi connectivity index (χ1v) is 12.2. The Labute approximate surface area is 205 Å². The Hall–Kier alpha value is -2.39. The van der Waals surface area contributed by atoms with Gasteiger partial charge in [-0.3, -0.25) is 14.5 Å². The maximum atomic E-state index is 13.0. The average Bonchev–Trinajstić information content (AvgIpc) is 2.79. The quantitative estimate of drug-likeness (QED) is 0.560. The fourth-order valence-electron chi connectivity index (χ4n) is 4.83. The lowest BCUT2D eigenvalue weighted by molar-refractivity contribution is -0.137. The smallest absolute Gasteiger partial charge is 0.349 e. The van der Waals surface area contributed by atoms with Crippen molar-refractivity contribution in [1.82, 2.24) is 15.5 Å². The van der Waals surface area contributed by atoms with E-state index in [2.05, 4.69) is 55.7 Å². The maximum absolute atomic E-state index is 13.0. The number of alkyl halides is 3. The van der Waals surface area contributed by atoms with Crippen LogP contribution in [0, 0.1) is 0 Å². The van der Waals surface area contributed by atoms with E-state index in [1.54, 1.807) is 0 Å². The molecule has 0 bridgehead atoms. The van der Waals surface area contributed by atoms with E-state index in [1.165, 1.54) is 24.5 Å². The fourth-order valence-corrected chi connectivity index (χ4v) is 5.32. The van der Waals surface area contributed by atoms with E-state index in [4.69, 9.17) is 0 Å². The van der Waals surface area contributed by atoms with Gasteiger partial charge in [-0.1, -0.05) is 46.3 Å². The third kappa shape index (κ3) is 6.18. The molecule has 1 aliphatic heterocycles. The molecule has 0 atom stereocenters. The normalized spacial score (nSPS) is 21.5. The van der Waals surface area contributed by atoms with Crippen molar-refractivity contribution in [2.75, 3.05) is 19.6 Å². The summed E-state index contributed by atoms with van der Waals surface area (Å²) in [5, 5.41) is 5.29. The summed E-state index contributed by atoms with van der Waals surface area (Å²) in [5.41, 5.74) is 0.327. The van der Waals surface area contributed by atoms with Crippen LogP contribution in [0.25, 0.3) is 0 Å². The zero-order valence-electron chi connectivity index (χ0n) is 18.6. The molecule has 1 saturated heterocycles. The van der Waals surface area contributed by atoms with Gasteiger partial charge in [0.25, 0.3) is 5.91 Å². The first kappa shape index (κ1) is 24.7. The minimum absolute atomic E-state index is 0.0268. The van der Waals surface area contributed by atoms with E-state index in [9.17, 15) is 22.8 Å². The Morgan fingerprint density at radius 1 is 1.00 bits per heavy atom. The Bertz CT molecular complexity index is 1020. The van der Waals surface area contributed by atoms with Crippen LogP contribution in [0.15, 0.2) is 53.0 Å². The van der Waals surface area contributed by atoms with Gasteiger partial charge < -0.3 is 10.6 Å². The number of likely N-dealkylation sites (tertiary alicyclic amines) is 1. The number of nitrogens with zero attached hydrogens (tertiary/aromatic N) is 1. The predicted molar refractivity (Wildman–Crippen MR) is 126 cm³/mol. The predicted octanol–water partition coefficient (Wildman–Crippen LogP) is 4.72. The Balaban J connectivity index is 1.17. The summed E-state index contributed by atoms with van der Waals surface area (Å²) in [7, 11) is 0. The molecule has 182 valence electrons. The molecule has 1 heterocycles. The van der Waals surface area contributed by atoms with E-state index in [0.29, 0.717) is 12.0 Å². The van der Waals surface area contributed by atoms with Crippen molar-refractivity contribution in [1.29, 1.82) is 0 Å². The summed E-state index contributed by atoms with van der Waals surface area (Å²) >= 11 is 2.99. The molecular weight excluding hydrogens is 511 g/mol. The van der Waals surface area contributed by atoms with Gasteiger partial charge in [0.05, 0.1) is 18.2 Å². The van der Waals surface area contributed by atoms with Crippen LogP contribution in [0.2, 0.25) is 0 Å². The molecule has 2 aromatic carbocycles. The number of hydrogen-bond acceptors (Lipinski definition) is 3. The summed E-state index contributed by atoms with van der Waals surface area (Å²) in [6.45, 7) is 1.27. The van der Waals surface area contributed by atoms with Crippen LogP contribution in [0.3, 0.4) is 0 Å². The molecule has 5 nitrogen and oxygen atoms in total. The molecule has 0 spiro atoms. The van der Waals surface area contributed by atoms with Crippen molar-refractivity contribution in [3.8, 4) is 0 Å². The van der Waals surface area contributed by atoms with E-state index in [-0.39, 0.29) is 28.5 Å². The van der Waals surface area contributed by atoms with Crippen LogP contribution >= 0.6 is 15.9 Å². The van der Waals surface area contributed by atoms with Crippen molar-refractivity contribution >= 4 is 27.7 Å². The standard InChI is InChI=1S/C25H27BrF3N3O2/c26-20-11-18(10-19(12-20)25(27,28)29)24(34)30-13-23(33)31-21-14-32(15-21)22-8-6-17(7-9-22)16-4-2-1-3-5-16/h1-5,10-12,17,21-22H,6-9,13-15H2,(H,30,34)(H,31,33). The van der Waals surface area contributed by atoms with Crippen LogP contribution in [0.5, 0.6) is 0 Å². The minimum atomic E-state index is -4.56. The lowest BCUT2D eigenvalue weighted by atomic mass is 9.80.